The lowest BCUT2D eigenvalue weighted by atomic mass is 10.00. The molecule has 2 N–H and O–H groups in total. The van der Waals surface area contributed by atoms with E-state index in [0.717, 1.165) is 5.56 Å². The van der Waals surface area contributed by atoms with Crippen molar-refractivity contribution in [3.05, 3.63) is 35.9 Å². The van der Waals surface area contributed by atoms with Gasteiger partial charge < -0.3 is 24.4 Å². The lowest BCUT2D eigenvalue weighted by molar-refractivity contribution is -0.191. The van der Waals surface area contributed by atoms with E-state index in [4.69, 9.17) is 14.2 Å². The molecule has 4 atom stereocenters. The molecule has 5 heteroatoms. The third kappa shape index (κ3) is 4.77. The fraction of sp³-hybridized carbons (Fsp3) is 0.556. The Morgan fingerprint density at radius 2 is 2.13 bits per heavy atom. The molecule has 1 heterocycles. The molecule has 0 amide bonds. The molecule has 0 radical (unpaired) electrons. The smallest absolute Gasteiger partial charge is 0.260 e. The fourth-order valence-corrected chi connectivity index (χ4v) is 2.42. The van der Waals surface area contributed by atoms with Crippen LogP contribution >= 0.6 is 0 Å². The third-order valence-corrected chi connectivity index (χ3v) is 3.75. The molecule has 0 bridgehead atoms. The predicted octanol–water partition coefficient (Wildman–Crippen LogP) is 1.33. The van der Waals surface area contributed by atoms with Crippen LogP contribution in [0.4, 0.5) is 0 Å². The van der Waals surface area contributed by atoms with Gasteiger partial charge in [0, 0.05) is 19.4 Å². The van der Waals surface area contributed by atoms with Crippen LogP contribution in [0.15, 0.2) is 30.3 Å². The van der Waals surface area contributed by atoms with Crippen LogP contribution < -0.4 is 0 Å². The van der Waals surface area contributed by atoms with E-state index in [1.54, 1.807) is 6.92 Å². The highest BCUT2D eigenvalue weighted by molar-refractivity contribution is 5.17. The first-order valence-corrected chi connectivity index (χ1v) is 7.74. The Labute approximate surface area is 137 Å². The predicted molar refractivity (Wildman–Crippen MR) is 85.4 cm³/mol. The van der Waals surface area contributed by atoms with Crippen molar-refractivity contribution in [3.8, 4) is 11.8 Å². The fourth-order valence-electron chi connectivity index (χ4n) is 2.42. The maximum Gasteiger partial charge on any atom is 0.260 e. The Kier molecular flexibility index (Phi) is 6.58. The van der Waals surface area contributed by atoms with Gasteiger partial charge in [0.2, 0.25) is 0 Å². The van der Waals surface area contributed by atoms with Gasteiger partial charge in [-0.05, 0) is 18.4 Å². The molecule has 126 valence electrons. The minimum Gasteiger partial charge on any atom is -0.392 e. The minimum atomic E-state index is -1.34. The molecule has 1 aromatic rings. The summed E-state index contributed by atoms with van der Waals surface area (Å²) >= 11 is 0. The van der Waals surface area contributed by atoms with E-state index < -0.39 is 18.0 Å². The average molecular weight is 320 g/mol. The van der Waals surface area contributed by atoms with Crippen LogP contribution in [0, 0.1) is 17.8 Å². The van der Waals surface area contributed by atoms with Crippen molar-refractivity contribution in [1.82, 2.24) is 0 Å². The van der Waals surface area contributed by atoms with Crippen molar-refractivity contribution in [2.24, 2.45) is 5.92 Å². The van der Waals surface area contributed by atoms with Gasteiger partial charge in [0.25, 0.3) is 5.79 Å². The van der Waals surface area contributed by atoms with Crippen LogP contribution in [-0.2, 0) is 20.8 Å². The number of ether oxygens (including phenoxy) is 3. The standard InChI is InChI=1S/C18H24O5/c1-14(19)7-6-10-18(21-2)17(20)16(13-23-18)12-22-11-15-8-4-3-5-9-15/h3-5,8-9,14,16-17,19-20H,7,11-13H2,1-2H3/t14-,16-,17-,18+/m0/s1. The molecule has 5 nitrogen and oxygen atoms in total. The van der Waals surface area contributed by atoms with E-state index in [2.05, 4.69) is 11.8 Å². The van der Waals surface area contributed by atoms with Crippen LogP contribution in [0.5, 0.6) is 0 Å². The number of rotatable bonds is 6. The molecule has 1 aromatic carbocycles. The van der Waals surface area contributed by atoms with E-state index in [9.17, 15) is 10.2 Å². The summed E-state index contributed by atoms with van der Waals surface area (Å²) in [5.41, 5.74) is 1.08. The van der Waals surface area contributed by atoms with E-state index in [1.807, 2.05) is 30.3 Å². The van der Waals surface area contributed by atoms with Crippen molar-refractivity contribution in [1.29, 1.82) is 0 Å². The highest BCUT2D eigenvalue weighted by Crippen LogP contribution is 2.31. The van der Waals surface area contributed by atoms with Crippen molar-refractivity contribution in [2.75, 3.05) is 20.3 Å². The lowest BCUT2D eigenvalue weighted by Crippen LogP contribution is -2.43. The molecule has 0 aromatic heterocycles. The van der Waals surface area contributed by atoms with E-state index in [1.165, 1.54) is 7.11 Å². The Morgan fingerprint density at radius 1 is 1.39 bits per heavy atom. The van der Waals surface area contributed by atoms with Crippen molar-refractivity contribution in [3.63, 3.8) is 0 Å². The van der Waals surface area contributed by atoms with Gasteiger partial charge in [0.1, 0.15) is 6.10 Å². The number of hydrogen-bond acceptors (Lipinski definition) is 5. The second-order valence-corrected chi connectivity index (χ2v) is 5.74. The van der Waals surface area contributed by atoms with Gasteiger partial charge in [-0.25, -0.2) is 0 Å². The van der Waals surface area contributed by atoms with E-state index >= 15 is 0 Å². The molecule has 1 saturated heterocycles. The lowest BCUT2D eigenvalue weighted by Gasteiger charge is -2.25. The number of hydrogen-bond donors (Lipinski definition) is 2. The number of aliphatic hydroxyl groups excluding tert-OH is 2. The Bertz CT molecular complexity index is 533. The summed E-state index contributed by atoms with van der Waals surface area (Å²) in [6, 6.07) is 9.85. The second kappa shape index (κ2) is 8.44. The van der Waals surface area contributed by atoms with Gasteiger partial charge in [-0.15, -0.1) is 0 Å². The largest absolute Gasteiger partial charge is 0.392 e. The summed E-state index contributed by atoms with van der Waals surface area (Å²) in [4.78, 5) is 0. The van der Waals surface area contributed by atoms with Gasteiger partial charge in [0.05, 0.1) is 25.9 Å². The van der Waals surface area contributed by atoms with Gasteiger partial charge in [-0.3, -0.25) is 0 Å². The van der Waals surface area contributed by atoms with E-state index in [-0.39, 0.29) is 5.92 Å². The second-order valence-electron chi connectivity index (χ2n) is 5.74. The van der Waals surface area contributed by atoms with Crippen LogP contribution in [0.3, 0.4) is 0 Å². The van der Waals surface area contributed by atoms with Crippen molar-refractivity contribution in [2.45, 2.75) is 37.9 Å². The van der Waals surface area contributed by atoms with E-state index in [0.29, 0.717) is 26.2 Å². The molecule has 0 saturated carbocycles. The normalized spacial score (nSPS) is 28.2. The summed E-state index contributed by atoms with van der Waals surface area (Å²) in [5.74, 6) is 4.06. The molecule has 1 aliphatic heterocycles. The molecule has 0 spiro atoms. The van der Waals surface area contributed by atoms with Gasteiger partial charge in [-0.1, -0.05) is 36.3 Å². The summed E-state index contributed by atoms with van der Waals surface area (Å²) in [6.45, 7) is 2.81. The van der Waals surface area contributed by atoms with Crippen LogP contribution in [0.25, 0.3) is 0 Å². The molecular formula is C18H24O5. The molecule has 23 heavy (non-hydrogen) atoms. The average Bonchev–Trinajstić information content (AvgIpc) is 2.86. The molecule has 0 aliphatic carbocycles. The van der Waals surface area contributed by atoms with Gasteiger partial charge >= 0.3 is 0 Å². The zero-order chi connectivity index (χ0) is 16.7. The SMILES string of the molecule is CO[C@]1(C#CC[C@H](C)O)OC[C@H](COCc2ccccc2)[C@@H]1O. The van der Waals surface area contributed by atoms with Crippen LogP contribution in [-0.4, -0.2) is 48.5 Å². The molecule has 2 rings (SSSR count). The first-order valence-electron chi connectivity index (χ1n) is 7.74. The van der Waals surface area contributed by atoms with Crippen LogP contribution in [0.2, 0.25) is 0 Å². The quantitative estimate of drug-likeness (QED) is 0.774. The molecular weight excluding hydrogens is 296 g/mol. The van der Waals surface area contributed by atoms with Gasteiger partial charge in [0.15, 0.2) is 0 Å². The zero-order valence-corrected chi connectivity index (χ0v) is 13.6. The zero-order valence-electron chi connectivity index (χ0n) is 13.6. The molecule has 1 aliphatic rings. The maximum atomic E-state index is 10.5. The van der Waals surface area contributed by atoms with Crippen LogP contribution in [0.1, 0.15) is 18.9 Å². The number of benzene rings is 1. The Hall–Kier alpha value is -1.42. The number of methoxy groups -OCH3 is 1. The topological polar surface area (TPSA) is 68.2 Å². The first-order chi connectivity index (χ1) is 11.1. The molecule has 0 unspecified atom stereocenters. The number of aliphatic hydroxyl groups is 2. The monoisotopic (exact) mass is 320 g/mol. The van der Waals surface area contributed by atoms with Crippen molar-refractivity contribution < 1.29 is 24.4 Å². The maximum absolute atomic E-state index is 10.5. The minimum absolute atomic E-state index is 0.209. The summed E-state index contributed by atoms with van der Waals surface area (Å²) in [7, 11) is 1.45. The Balaban J connectivity index is 1.88. The summed E-state index contributed by atoms with van der Waals surface area (Å²) in [6.07, 6.45) is -1.12. The summed E-state index contributed by atoms with van der Waals surface area (Å²) in [5, 5.41) is 19.7. The third-order valence-electron chi connectivity index (χ3n) is 3.75. The van der Waals surface area contributed by atoms with Crippen molar-refractivity contribution >= 4 is 0 Å². The highest BCUT2D eigenvalue weighted by atomic mass is 16.7. The first kappa shape index (κ1) is 17.9. The summed E-state index contributed by atoms with van der Waals surface area (Å²) < 4.78 is 16.6. The highest BCUT2D eigenvalue weighted by Gasteiger charge is 2.49. The van der Waals surface area contributed by atoms with Gasteiger partial charge in [-0.2, -0.15) is 0 Å². The Morgan fingerprint density at radius 3 is 2.78 bits per heavy atom. The molecule has 1 fully saturated rings.